The zero-order valence-corrected chi connectivity index (χ0v) is 12.5. The molecule has 0 aromatic carbocycles. The van der Waals surface area contributed by atoms with Crippen molar-refractivity contribution < 1.29 is 14.7 Å². The zero-order valence-electron chi connectivity index (χ0n) is 12.5. The normalized spacial score (nSPS) is 11.9. The minimum absolute atomic E-state index is 0.211. The fraction of sp³-hybridized carbons (Fsp3) is 0.692. The first kappa shape index (κ1) is 16.9. The van der Waals surface area contributed by atoms with Crippen molar-refractivity contribution in [3.63, 3.8) is 0 Å². The molecular formula is C13H23N5O3. The maximum Gasteiger partial charge on any atom is 0.315 e. The van der Waals surface area contributed by atoms with E-state index in [1.165, 1.54) is 0 Å². The highest BCUT2D eigenvalue weighted by Crippen LogP contribution is 2.06. The van der Waals surface area contributed by atoms with Gasteiger partial charge in [-0.3, -0.25) is 4.79 Å². The van der Waals surface area contributed by atoms with Crippen LogP contribution in [0, 0.1) is 0 Å². The molecule has 8 heteroatoms. The Morgan fingerprint density at radius 1 is 1.33 bits per heavy atom. The van der Waals surface area contributed by atoms with Gasteiger partial charge < -0.3 is 20.3 Å². The van der Waals surface area contributed by atoms with Crippen LogP contribution in [-0.4, -0.2) is 38.4 Å². The number of hydrogen-bond donors (Lipinski definition) is 3. The van der Waals surface area contributed by atoms with Crippen molar-refractivity contribution in [2.45, 2.75) is 45.1 Å². The molecule has 0 radical (unpaired) electrons. The Morgan fingerprint density at radius 2 is 2.05 bits per heavy atom. The molecule has 0 aliphatic heterocycles. The summed E-state index contributed by atoms with van der Waals surface area (Å²) < 4.78 is 1.76. The van der Waals surface area contributed by atoms with Crippen molar-refractivity contribution in [1.82, 2.24) is 25.4 Å². The number of aryl methyl sites for hydroxylation is 1. The third-order valence-electron chi connectivity index (χ3n) is 3.08. The Bertz CT molecular complexity index is 460. The van der Waals surface area contributed by atoms with Gasteiger partial charge in [0.1, 0.15) is 6.33 Å². The molecule has 1 rings (SSSR count). The first-order valence-corrected chi connectivity index (χ1v) is 7.10. The molecule has 0 saturated heterocycles. The Morgan fingerprint density at radius 3 is 2.67 bits per heavy atom. The summed E-state index contributed by atoms with van der Waals surface area (Å²) in [5.74, 6) is -0.0657. The number of aromatic nitrogens is 3. The number of amides is 2. The smallest absolute Gasteiger partial charge is 0.315 e. The summed E-state index contributed by atoms with van der Waals surface area (Å²) in [6.45, 7) is 2.42. The molecule has 1 unspecified atom stereocenters. The van der Waals surface area contributed by atoms with Gasteiger partial charge in [-0.05, 0) is 19.8 Å². The monoisotopic (exact) mass is 297 g/mol. The highest BCUT2D eigenvalue weighted by Gasteiger charge is 2.13. The highest BCUT2D eigenvalue weighted by atomic mass is 16.4. The average Bonchev–Trinajstić information content (AvgIpc) is 2.83. The molecule has 0 saturated carbocycles. The topological polar surface area (TPSA) is 109 Å². The second-order valence-corrected chi connectivity index (χ2v) is 4.98. The summed E-state index contributed by atoms with van der Waals surface area (Å²) in [7, 11) is 1.82. The molecule has 0 aliphatic carbocycles. The van der Waals surface area contributed by atoms with Crippen LogP contribution in [-0.2, 0) is 11.8 Å². The van der Waals surface area contributed by atoms with Crippen molar-refractivity contribution in [2.75, 3.05) is 6.54 Å². The Labute approximate surface area is 123 Å². The number of hydrogen-bond acceptors (Lipinski definition) is 4. The fourth-order valence-electron chi connectivity index (χ4n) is 1.95. The Balaban J connectivity index is 2.09. The fourth-order valence-corrected chi connectivity index (χ4v) is 1.95. The average molecular weight is 297 g/mol. The molecule has 2 amide bonds. The lowest BCUT2D eigenvalue weighted by atomic mass is 10.1. The number of urea groups is 1. The van der Waals surface area contributed by atoms with Gasteiger partial charge in [0.05, 0.1) is 6.04 Å². The molecule has 118 valence electrons. The van der Waals surface area contributed by atoms with Gasteiger partial charge in [0.2, 0.25) is 0 Å². The van der Waals surface area contributed by atoms with Gasteiger partial charge in [0, 0.05) is 20.0 Å². The van der Waals surface area contributed by atoms with Crippen LogP contribution in [0.5, 0.6) is 0 Å². The van der Waals surface area contributed by atoms with Gasteiger partial charge in [-0.15, -0.1) is 10.2 Å². The first-order chi connectivity index (χ1) is 10.0. The molecule has 1 aromatic rings. The van der Waals surface area contributed by atoms with E-state index < -0.39 is 5.97 Å². The highest BCUT2D eigenvalue weighted by molar-refractivity contribution is 5.74. The summed E-state index contributed by atoms with van der Waals surface area (Å²) in [5.41, 5.74) is 0. The van der Waals surface area contributed by atoms with E-state index in [1.807, 2.05) is 14.0 Å². The van der Waals surface area contributed by atoms with Crippen LogP contribution in [0.4, 0.5) is 4.79 Å². The summed E-state index contributed by atoms with van der Waals surface area (Å²) in [5, 5.41) is 21.8. The van der Waals surface area contributed by atoms with Gasteiger partial charge in [-0.25, -0.2) is 4.79 Å². The lowest BCUT2D eigenvalue weighted by Crippen LogP contribution is -2.38. The van der Waals surface area contributed by atoms with E-state index in [0.717, 1.165) is 19.3 Å². The van der Waals surface area contributed by atoms with Crippen molar-refractivity contribution in [2.24, 2.45) is 7.05 Å². The lowest BCUT2D eigenvalue weighted by Gasteiger charge is -2.13. The third kappa shape index (κ3) is 6.73. The summed E-state index contributed by atoms with van der Waals surface area (Å²) >= 11 is 0. The summed E-state index contributed by atoms with van der Waals surface area (Å²) in [6, 6.07) is -0.455. The van der Waals surface area contributed by atoms with Crippen LogP contribution >= 0.6 is 0 Å². The van der Waals surface area contributed by atoms with E-state index in [9.17, 15) is 9.59 Å². The molecule has 1 atom stereocenters. The molecule has 8 nitrogen and oxygen atoms in total. The largest absolute Gasteiger partial charge is 0.481 e. The molecule has 0 fully saturated rings. The number of unbranched alkanes of at least 4 members (excludes halogenated alkanes) is 3. The zero-order chi connectivity index (χ0) is 15.7. The van der Waals surface area contributed by atoms with E-state index in [0.29, 0.717) is 18.8 Å². The van der Waals surface area contributed by atoms with Crippen molar-refractivity contribution in [3.8, 4) is 0 Å². The molecule has 3 N–H and O–H groups in total. The molecular weight excluding hydrogens is 274 g/mol. The second kappa shape index (κ2) is 8.93. The molecule has 21 heavy (non-hydrogen) atoms. The van der Waals surface area contributed by atoms with Crippen molar-refractivity contribution in [1.29, 1.82) is 0 Å². The number of nitrogens with one attached hydrogen (secondary N) is 2. The number of carbonyl (C=O) groups is 2. The number of rotatable bonds is 9. The van der Waals surface area contributed by atoms with Gasteiger partial charge in [0.15, 0.2) is 5.82 Å². The lowest BCUT2D eigenvalue weighted by molar-refractivity contribution is -0.137. The van der Waals surface area contributed by atoms with Crippen molar-refractivity contribution >= 4 is 12.0 Å². The predicted octanol–water partition coefficient (Wildman–Crippen LogP) is 1.21. The molecule has 0 bridgehead atoms. The van der Waals surface area contributed by atoms with Crippen LogP contribution in [0.3, 0.4) is 0 Å². The SMILES string of the molecule is CC(NC(=O)NCCCCCCC(=O)O)c1nncn1C. The van der Waals surface area contributed by atoms with E-state index in [-0.39, 0.29) is 18.5 Å². The van der Waals surface area contributed by atoms with Crippen molar-refractivity contribution in [3.05, 3.63) is 12.2 Å². The summed E-state index contributed by atoms with van der Waals surface area (Å²) in [6.07, 6.45) is 5.10. The Hall–Kier alpha value is -2.12. The minimum atomic E-state index is -0.759. The van der Waals surface area contributed by atoms with Gasteiger partial charge >= 0.3 is 12.0 Å². The first-order valence-electron chi connectivity index (χ1n) is 7.10. The maximum atomic E-state index is 11.7. The number of nitrogens with zero attached hydrogens (tertiary/aromatic N) is 3. The maximum absolute atomic E-state index is 11.7. The predicted molar refractivity (Wildman–Crippen MR) is 76.7 cm³/mol. The summed E-state index contributed by atoms with van der Waals surface area (Å²) in [4.78, 5) is 22.0. The molecule has 0 spiro atoms. The van der Waals surface area contributed by atoms with Gasteiger partial charge in [0.25, 0.3) is 0 Å². The molecule has 0 aliphatic rings. The van der Waals surface area contributed by atoms with Crippen LogP contribution in [0.1, 0.15) is 50.9 Å². The number of aliphatic carboxylic acids is 1. The third-order valence-corrected chi connectivity index (χ3v) is 3.08. The number of carboxylic acids is 1. The Kier molecular flexibility index (Phi) is 7.20. The van der Waals surface area contributed by atoms with Crippen LogP contribution in [0.15, 0.2) is 6.33 Å². The van der Waals surface area contributed by atoms with Crippen LogP contribution in [0.25, 0.3) is 0 Å². The van der Waals surface area contributed by atoms with E-state index in [1.54, 1.807) is 10.9 Å². The second-order valence-electron chi connectivity index (χ2n) is 4.98. The standard InChI is InChI=1S/C13H23N5O3/c1-10(12-17-15-9-18(12)2)16-13(21)14-8-6-4-3-5-7-11(19)20/h9-10H,3-8H2,1-2H3,(H,19,20)(H2,14,16,21). The van der Waals surface area contributed by atoms with Gasteiger partial charge in [-0.2, -0.15) is 0 Å². The number of carbonyl (C=O) groups excluding carboxylic acids is 1. The van der Waals surface area contributed by atoms with Crippen LogP contribution < -0.4 is 10.6 Å². The van der Waals surface area contributed by atoms with Gasteiger partial charge in [-0.1, -0.05) is 12.8 Å². The molecule has 1 heterocycles. The number of carboxylic acid groups (broad SMARTS) is 1. The minimum Gasteiger partial charge on any atom is -0.481 e. The van der Waals surface area contributed by atoms with E-state index >= 15 is 0 Å². The van der Waals surface area contributed by atoms with Crippen LogP contribution in [0.2, 0.25) is 0 Å². The van der Waals surface area contributed by atoms with E-state index in [2.05, 4.69) is 20.8 Å². The quantitative estimate of drug-likeness (QED) is 0.594. The molecule has 1 aromatic heterocycles. The van der Waals surface area contributed by atoms with E-state index in [4.69, 9.17) is 5.11 Å².